The number of amides is 1. The van der Waals surface area contributed by atoms with E-state index in [1.165, 1.54) is 12.1 Å². The monoisotopic (exact) mass is 257 g/mol. The number of ether oxygens (including phenoxy) is 1. The van der Waals surface area contributed by atoms with Gasteiger partial charge in [0.05, 0.1) is 5.69 Å². The quantitative estimate of drug-likeness (QED) is 0.871. The maximum Gasteiger partial charge on any atom is 0.411 e. The van der Waals surface area contributed by atoms with Crippen LogP contribution in [0.15, 0.2) is 18.2 Å². The molecule has 0 atom stereocenters. The minimum absolute atomic E-state index is 0.0367. The molecule has 92 valence electrons. The fourth-order valence-corrected chi connectivity index (χ4v) is 2.05. The molecule has 5 heteroatoms. The second-order valence-electron chi connectivity index (χ2n) is 4.06. The number of halogens is 2. The van der Waals surface area contributed by atoms with Crippen molar-refractivity contribution in [3.05, 3.63) is 29.0 Å². The predicted octanol–water partition coefficient (Wildman–Crippen LogP) is 3.97. The zero-order valence-electron chi connectivity index (χ0n) is 9.21. The third kappa shape index (κ3) is 3.33. The van der Waals surface area contributed by atoms with Crippen LogP contribution in [0.1, 0.15) is 25.7 Å². The Morgan fingerprint density at radius 3 is 2.76 bits per heavy atom. The van der Waals surface area contributed by atoms with Gasteiger partial charge in [-0.25, -0.2) is 9.18 Å². The van der Waals surface area contributed by atoms with E-state index < -0.39 is 11.9 Å². The van der Waals surface area contributed by atoms with Gasteiger partial charge in [-0.15, -0.1) is 0 Å². The highest BCUT2D eigenvalue weighted by Gasteiger charge is 2.19. The van der Waals surface area contributed by atoms with Gasteiger partial charge in [-0.05, 0) is 43.9 Å². The predicted molar refractivity (Wildman–Crippen MR) is 63.8 cm³/mol. The van der Waals surface area contributed by atoms with Crippen molar-refractivity contribution < 1.29 is 13.9 Å². The molecule has 0 heterocycles. The number of anilines is 1. The van der Waals surface area contributed by atoms with E-state index in [1.54, 1.807) is 0 Å². The van der Waals surface area contributed by atoms with E-state index in [2.05, 4.69) is 5.32 Å². The third-order valence-electron chi connectivity index (χ3n) is 2.74. The van der Waals surface area contributed by atoms with Crippen LogP contribution >= 0.6 is 11.6 Å². The molecule has 0 aromatic heterocycles. The Morgan fingerprint density at radius 1 is 1.41 bits per heavy atom. The summed E-state index contributed by atoms with van der Waals surface area (Å²) in [6.07, 6.45) is 3.27. The topological polar surface area (TPSA) is 38.3 Å². The molecule has 0 saturated heterocycles. The molecule has 0 radical (unpaired) electrons. The molecule has 0 unspecified atom stereocenters. The summed E-state index contributed by atoms with van der Waals surface area (Å²) in [5.74, 6) is -0.569. The fraction of sp³-hybridized carbons (Fsp3) is 0.417. The van der Waals surface area contributed by atoms with E-state index >= 15 is 0 Å². The normalized spacial score (nSPS) is 15.9. The smallest absolute Gasteiger partial charge is 0.411 e. The van der Waals surface area contributed by atoms with E-state index in [4.69, 9.17) is 16.3 Å². The van der Waals surface area contributed by atoms with Gasteiger partial charge in [0.2, 0.25) is 0 Å². The van der Waals surface area contributed by atoms with Crippen molar-refractivity contribution in [2.75, 3.05) is 5.32 Å². The first-order valence-electron chi connectivity index (χ1n) is 5.58. The number of carbonyl (C=O) groups excluding carboxylic acids is 1. The van der Waals surface area contributed by atoms with Crippen LogP contribution in [0, 0.1) is 5.82 Å². The first kappa shape index (κ1) is 12.2. The van der Waals surface area contributed by atoms with Gasteiger partial charge in [-0.3, -0.25) is 5.32 Å². The molecule has 1 N–H and O–H groups in total. The Morgan fingerprint density at radius 2 is 2.12 bits per heavy atom. The lowest BCUT2D eigenvalue weighted by molar-refractivity contribution is 0.114. The average Bonchev–Trinajstić information content (AvgIpc) is 2.75. The second-order valence-corrected chi connectivity index (χ2v) is 4.50. The third-order valence-corrected chi connectivity index (χ3v) is 2.98. The van der Waals surface area contributed by atoms with E-state index in [0.717, 1.165) is 31.7 Å². The molecule has 1 amide bonds. The lowest BCUT2D eigenvalue weighted by atomic mass is 10.3. The molecule has 0 aliphatic heterocycles. The molecular weight excluding hydrogens is 245 g/mol. The van der Waals surface area contributed by atoms with Gasteiger partial charge < -0.3 is 4.74 Å². The molecule has 1 aromatic rings. The number of rotatable bonds is 2. The van der Waals surface area contributed by atoms with Crippen LogP contribution < -0.4 is 5.32 Å². The largest absolute Gasteiger partial charge is 0.446 e. The number of benzene rings is 1. The molecule has 0 bridgehead atoms. The summed E-state index contributed by atoms with van der Waals surface area (Å²) in [5, 5.41) is 2.66. The van der Waals surface area contributed by atoms with Crippen molar-refractivity contribution in [2.45, 2.75) is 31.8 Å². The Bertz CT molecular complexity index is 419. The standard InChI is InChI=1S/C12H13ClFNO2/c13-8-5-6-11(10(14)7-8)15-12(16)17-9-3-1-2-4-9/h5-7,9H,1-4H2,(H,15,16). The van der Waals surface area contributed by atoms with Crippen molar-refractivity contribution >= 4 is 23.4 Å². The molecule has 0 spiro atoms. The number of hydrogen-bond acceptors (Lipinski definition) is 2. The molecule has 1 aromatic carbocycles. The van der Waals surface area contributed by atoms with Crippen LogP contribution in [0.3, 0.4) is 0 Å². The fourth-order valence-electron chi connectivity index (χ4n) is 1.89. The summed E-state index contributed by atoms with van der Waals surface area (Å²) in [7, 11) is 0. The van der Waals surface area contributed by atoms with Crippen molar-refractivity contribution in [1.29, 1.82) is 0 Å². The SMILES string of the molecule is O=C(Nc1ccc(Cl)cc1F)OC1CCCC1. The Labute approximate surface area is 104 Å². The first-order chi connectivity index (χ1) is 8.15. The van der Waals surface area contributed by atoms with E-state index in [9.17, 15) is 9.18 Å². The van der Waals surface area contributed by atoms with Crippen LogP contribution in [-0.2, 0) is 4.74 Å². The number of carbonyl (C=O) groups is 1. The van der Waals surface area contributed by atoms with Crippen LogP contribution in [0.5, 0.6) is 0 Å². The number of hydrogen-bond donors (Lipinski definition) is 1. The van der Waals surface area contributed by atoms with E-state index in [-0.39, 0.29) is 16.8 Å². The molecule has 1 aliphatic carbocycles. The molecule has 2 rings (SSSR count). The minimum atomic E-state index is -0.613. The zero-order valence-corrected chi connectivity index (χ0v) is 9.97. The summed E-state index contributed by atoms with van der Waals surface area (Å²) < 4.78 is 18.5. The van der Waals surface area contributed by atoms with Crippen LogP contribution in [0.25, 0.3) is 0 Å². The van der Waals surface area contributed by atoms with Crippen molar-refractivity contribution in [2.24, 2.45) is 0 Å². The van der Waals surface area contributed by atoms with E-state index in [0.29, 0.717) is 0 Å². The maximum atomic E-state index is 13.4. The lowest BCUT2D eigenvalue weighted by Gasteiger charge is -2.12. The van der Waals surface area contributed by atoms with Gasteiger partial charge in [0, 0.05) is 5.02 Å². The Hall–Kier alpha value is -1.29. The maximum absolute atomic E-state index is 13.4. The summed E-state index contributed by atoms with van der Waals surface area (Å²) in [6, 6.07) is 4.07. The van der Waals surface area contributed by atoms with Crippen molar-refractivity contribution in [3.8, 4) is 0 Å². The number of nitrogens with one attached hydrogen (secondary N) is 1. The van der Waals surface area contributed by atoms with Gasteiger partial charge in [0.1, 0.15) is 11.9 Å². The van der Waals surface area contributed by atoms with Crippen LogP contribution in [-0.4, -0.2) is 12.2 Å². The molecule has 3 nitrogen and oxygen atoms in total. The summed E-state index contributed by atoms with van der Waals surface area (Å²) in [6.45, 7) is 0. The lowest BCUT2D eigenvalue weighted by Crippen LogP contribution is -2.20. The van der Waals surface area contributed by atoms with Crippen molar-refractivity contribution in [3.63, 3.8) is 0 Å². The van der Waals surface area contributed by atoms with Gasteiger partial charge in [0.15, 0.2) is 0 Å². The Kier molecular flexibility index (Phi) is 3.84. The highest BCUT2D eigenvalue weighted by Crippen LogP contribution is 2.22. The summed E-state index contributed by atoms with van der Waals surface area (Å²) in [4.78, 5) is 11.5. The molecule has 17 heavy (non-hydrogen) atoms. The summed E-state index contributed by atoms with van der Waals surface area (Å²) in [5.41, 5.74) is 0.0809. The second kappa shape index (κ2) is 5.36. The van der Waals surface area contributed by atoms with Crippen molar-refractivity contribution in [1.82, 2.24) is 0 Å². The highest BCUT2D eigenvalue weighted by molar-refractivity contribution is 6.30. The Balaban J connectivity index is 1.93. The van der Waals surface area contributed by atoms with Gasteiger partial charge in [-0.2, -0.15) is 0 Å². The van der Waals surface area contributed by atoms with Crippen LogP contribution in [0.4, 0.5) is 14.9 Å². The average molecular weight is 258 g/mol. The molecule has 1 fully saturated rings. The van der Waals surface area contributed by atoms with Crippen LogP contribution in [0.2, 0.25) is 5.02 Å². The zero-order chi connectivity index (χ0) is 12.3. The van der Waals surface area contributed by atoms with E-state index in [1.807, 2.05) is 0 Å². The molecular formula is C12H13ClFNO2. The van der Waals surface area contributed by atoms with Gasteiger partial charge in [0.25, 0.3) is 0 Å². The van der Waals surface area contributed by atoms with Gasteiger partial charge >= 0.3 is 6.09 Å². The molecule has 1 saturated carbocycles. The van der Waals surface area contributed by atoms with Gasteiger partial charge in [-0.1, -0.05) is 11.6 Å². The summed E-state index contributed by atoms with van der Waals surface area (Å²) >= 11 is 5.61. The highest BCUT2D eigenvalue weighted by atomic mass is 35.5. The minimum Gasteiger partial charge on any atom is -0.446 e. The molecule has 1 aliphatic rings. The first-order valence-corrected chi connectivity index (χ1v) is 5.95.